The van der Waals surface area contributed by atoms with Gasteiger partial charge in [-0.1, -0.05) is 19.9 Å². The first-order chi connectivity index (χ1) is 11.6. The molecule has 1 aromatic rings. The van der Waals surface area contributed by atoms with Crippen molar-refractivity contribution in [3.05, 3.63) is 30.1 Å². The highest BCUT2D eigenvalue weighted by atomic mass is 32.2. The van der Waals surface area contributed by atoms with E-state index in [9.17, 15) is 9.59 Å². The molecule has 0 radical (unpaired) electrons. The number of hydrogen-bond donors (Lipinski definition) is 1. The number of thioether (sulfide) groups is 1. The summed E-state index contributed by atoms with van der Waals surface area (Å²) in [5.41, 5.74) is 1.13. The normalized spacial score (nSPS) is 25.8. The van der Waals surface area contributed by atoms with Crippen LogP contribution in [0, 0.1) is 11.8 Å². The molecule has 1 saturated heterocycles. The summed E-state index contributed by atoms with van der Waals surface area (Å²) >= 11 is 1.66. The first-order valence-corrected chi connectivity index (χ1v) is 9.79. The van der Waals surface area contributed by atoms with E-state index in [-0.39, 0.29) is 29.7 Å². The standard InChI is InChI=1S/C18H25N3O2S/c1-12(2)5-7-20-17(22)16-10-24-11-21(16)18(23)15-8-14(15)13-4-3-6-19-9-13/h3-4,6,9,12,14-16H,5,7-8,10-11H2,1-2H3,(H,20,22)/t14-,15+,16+/m1/s1. The molecule has 5 nitrogen and oxygen atoms in total. The maximum Gasteiger partial charge on any atom is 0.243 e. The van der Waals surface area contributed by atoms with Crippen LogP contribution < -0.4 is 5.32 Å². The van der Waals surface area contributed by atoms with Crippen molar-refractivity contribution in [2.45, 2.75) is 38.6 Å². The number of nitrogens with zero attached hydrogens (tertiary/aromatic N) is 2. The summed E-state index contributed by atoms with van der Waals surface area (Å²) in [6, 6.07) is 3.62. The zero-order valence-corrected chi connectivity index (χ0v) is 15.1. The van der Waals surface area contributed by atoms with Gasteiger partial charge in [0, 0.05) is 30.6 Å². The molecule has 0 unspecified atom stereocenters. The Morgan fingerprint density at radius 3 is 3.00 bits per heavy atom. The maximum absolute atomic E-state index is 12.8. The molecule has 2 fully saturated rings. The second kappa shape index (κ2) is 7.55. The fraction of sp³-hybridized carbons (Fsp3) is 0.611. The average molecular weight is 347 g/mol. The molecule has 2 aliphatic rings. The van der Waals surface area contributed by atoms with E-state index in [2.05, 4.69) is 24.1 Å². The Hall–Kier alpha value is -1.56. The van der Waals surface area contributed by atoms with Crippen LogP contribution in [0.2, 0.25) is 0 Å². The molecule has 24 heavy (non-hydrogen) atoms. The van der Waals surface area contributed by atoms with Crippen LogP contribution in [0.15, 0.2) is 24.5 Å². The topological polar surface area (TPSA) is 62.3 Å². The van der Waals surface area contributed by atoms with Gasteiger partial charge in [-0.05, 0) is 36.3 Å². The zero-order valence-electron chi connectivity index (χ0n) is 14.3. The third-order valence-electron chi connectivity index (χ3n) is 4.71. The molecule has 3 atom stereocenters. The number of rotatable bonds is 6. The van der Waals surface area contributed by atoms with E-state index >= 15 is 0 Å². The van der Waals surface area contributed by atoms with Gasteiger partial charge >= 0.3 is 0 Å². The fourth-order valence-electron chi connectivity index (χ4n) is 3.12. The van der Waals surface area contributed by atoms with Gasteiger partial charge in [0.1, 0.15) is 6.04 Å². The molecule has 1 N–H and O–H groups in total. The molecular formula is C18H25N3O2S. The van der Waals surface area contributed by atoms with Crippen molar-refractivity contribution in [1.29, 1.82) is 0 Å². The fourth-order valence-corrected chi connectivity index (χ4v) is 4.29. The highest BCUT2D eigenvalue weighted by Gasteiger charge is 2.48. The van der Waals surface area contributed by atoms with E-state index < -0.39 is 0 Å². The van der Waals surface area contributed by atoms with Crippen molar-refractivity contribution in [2.75, 3.05) is 18.2 Å². The molecule has 0 bridgehead atoms. The maximum atomic E-state index is 12.8. The molecule has 0 spiro atoms. The molecular weight excluding hydrogens is 322 g/mol. The highest BCUT2D eigenvalue weighted by Crippen LogP contribution is 2.49. The van der Waals surface area contributed by atoms with Gasteiger partial charge in [0.2, 0.25) is 11.8 Å². The van der Waals surface area contributed by atoms with Crippen LogP contribution in [0.3, 0.4) is 0 Å². The molecule has 6 heteroatoms. The van der Waals surface area contributed by atoms with Gasteiger partial charge in [-0.25, -0.2) is 0 Å². The van der Waals surface area contributed by atoms with Gasteiger partial charge in [-0.2, -0.15) is 0 Å². The minimum Gasteiger partial charge on any atom is -0.354 e. The number of aromatic nitrogens is 1. The van der Waals surface area contributed by atoms with Crippen LogP contribution in [-0.2, 0) is 9.59 Å². The second-order valence-electron chi connectivity index (χ2n) is 7.03. The lowest BCUT2D eigenvalue weighted by atomic mass is 10.1. The SMILES string of the molecule is CC(C)CCNC(=O)[C@@H]1CSCN1C(=O)[C@H]1C[C@@H]1c1cccnc1. The second-order valence-corrected chi connectivity index (χ2v) is 8.03. The van der Waals surface area contributed by atoms with Crippen molar-refractivity contribution in [1.82, 2.24) is 15.2 Å². The Labute approximate surface area is 147 Å². The van der Waals surface area contributed by atoms with E-state index in [1.807, 2.05) is 18.3 Å². The van der Waals surface area contributed by atoms with Crippen LogP contribution in [0.1, 0.15) is 38.2 Å². The summed E-state index contributed by atoms with van der Waals surface area (Å²) in [6.07, 6.45) is 5.42. The van der Waals surface area contributed by atoms with Crippen LogP contribution in [0.5, 0.6) is 0 Å². The van der Waals surface area contributed by atoms with Gasteiger partial charge in [0.05, 0.1) is 5.88 Å². The molecule has 1 saturated carbocycles. The third kappa shape index (κ3) is 3.91. The summed E-state index contributed by atoms with van der Waals surface area (Å²) in [5, 5.41) is 2.99. The molecule has 1 aliphatic heterocycles. The third-order valence-corrected chi connectivity index (χ3v) is 5.72. The predicted octanol–water partition coefficient (Wildman–Crippen LogP) is 2.25. The van der Waals surface area contributed by atoms with Gasteiger partial charge in [-0.15, -0.1) is 11.8 Å². The first kappa shape index (κ1) is 17.3. The summed E-state index contributed by atoms with van der Waals surface area (Å²) in [7, 11) is 0. The molecule has 0 aromatic carbocycles. The average Bonchev–Trinajstić information content (AvgIpc) is 3.22. The number of hydrogen-bond acceptors (Lipinski definition) is 4. The van der Waals surface area contributed by atoms with E-state index in [0.717, 1.165) is 18.4 Å². The van der Waals surface area contributed by atoms with Crippen molar-refractivity contribution in [3.63, 3.8) is 0 Å². The summed E-state index contributed by atoms with van der Waals surface area (Å²) in [5.74, 6) is 2.28. The van der Waals surface area contributed by atoms with E-state index in [1.165, 1.54) is 0 Å². The van der Waals surface area contributed by atoms with Crippen molar-refractivity contribution in [2.24, 2.45) is 11.8 Å². The molecule has 1 aromatic heterocycles. The van der Waals surface area contributed by atoms with Crippen LogP contribution in [0.4, 0.5) is 0 Å². The minimum atomic E-state index is -0.315. The van der Waals surface area contributed by atoms with E-state index in [4.69, 9.17) is 0 Å². The minimum absolute atomic E-state index is 0.00687. The van der Waals surface area contributed by atoms with E-state index in [1.54, 1.807) is 22.9 Å². The van der Waals surface area contributed by atoms with Crippen molar-refractivity contribution >= 4 is 23.6 Å². The lowest BCUT2D eigenvalue weighted by molar-refractivity contribution is -0.139. The highest BCUT2D eigenvalue weighted by molar-refractivity contribution is 7.99. The molecule has 2 amide bonds. The number of amides is 2. The molecule has 130 valence electrons. The monoisotopic (exact) mass is 347 g/mol. The Morgan fingerprint density at radius 1 is 1.46 bits per heavy atom. The van der Waals surface area contributed by atoms with Crippen molar-refractivity contribution in [3.8, 4) is 0 Å². The van der Waals surface area contributed by atoms with Crippen molar-refractivity contribution < 1.29 is 9.59 Å². The number of pyridine rings is 1. The van der Waals surface area contributed by atoms with Crippen LogP contribution in [0.25, 0.3) is 0 Å². The van der Waals surface area contributed by atoms with Gasteiger partial charge in [0.25, 0.3) is 0 Å². The lowest BCUT2D eigenvalue weighted by Gasteiger charge is -2.23. The number of carbonyl (C=O) groups is 2. The quantitative estimate of drug-likeness (QED) is 0.857. The molecule has 3 rings (SSSR count). The van der Waals surface area contributed by atoms with Crippen LogP contribution in [-0.4, -0.2) is 45.9 Å². The number of carbonyl (C=O) groups excluding carboxylic acids is 2. The smallest absolute Gasteiger partial charge is 0.243 e. The summed E-state index contributed by atoms with van der Waals surface area (Å²) in [6.45, 7) is 4.96. The predicted molar refractivity (Wildman–Crippen MR) is 95.5 cm³/mol. The van der Waals surface area contributed by atoms with Gasteiger partial charge in [-0.3, -0.25) is 14.6 Å². The zero-order chi connectivity index (χ0) is 17.1. The Bertz CT molecular complexity index is 593. The van der Waals surface area contributed by atoms with Gasteiger partial charge in [0.15, 0.2) is 0 Å². The molecule has 1 aliphatic carbocycles. The molecule has 2 heterocycles. The summed E-state index contributed by atoms with van der Waals surface area (Å²) in [4.78, 5) is 31.1. The Kier molecular flexibility index (Phi) is 5.43. The Balaban J connectivity index is 1.56. The summed E-state index contributed by atoms with van der Waals surface area (Å²) < 4.78 is 0. The number of nitrogens with one attached hydrogen (secondary N) is 1. The van der Waals surface area contributed by atoms with E-state index in [0.29, 0.717) is 24.1 Å². The Morgan fingerprint density at radius 2 is 2.29 bits per heavy atom. The first-order valence-electron chi connectivity index (χ1n) is 8.63. The van der Waals surface area contributed by atoms with Crippen LogP contribution >= 0.6 is 11.8 Å². The van der Waals surface area contributed by atoms with Gasteiger partial charge < -0.3 is 10.2 Å². The lowest BCUT2D eigenvalue weighted by Crippen LogP contribution is -2.48. The largest absolute Gasteiger partial charge is 0.354 e.